The zero-order chi connectivity index (χ0) is 9.26. The molecule has 0 spiro atoms. The summed E-state index contributed by atoms with van der Waals surface area (Å²) in [7, 11) is 0. The Kier molecular flexibility index (Phi) is 1.84. The van der Waals surface area contributed by atoms with Gasteiger partial charge in [0.1, 0.15) is 6.04 Å². The molecule has 1 unspecified atom stereocenters. The molecule has 1 fully saturated rings. The second kappa shape index (κ2) is 3.00. The van der Waals surface area contributed by atoms with Crippen molar-refractivity contribution in [1.29, 1.82) is 0 Å². The number of nitrogens with zero attached hydrogens (tertiary/aromatic N) is 4. The van der Waals surface area contributed by atoms with Crippen molar-refractivity contribution in [2.75, 3.05) is 12.3 Å². The summed E-state index contributed by atoms with van der Waals surface area (Å²) in [6.45, 7) is 0.720. The molecule has 1 aliphatic heterocycles. The number of piperidine rings is 1. The van der Waals surface area contributed by atoms with Crippen LogP contribution in [0.4, 0.5) is 5.95 Å². The molecular weight excluding hydrogens is 172 g/mol. The molecule has 1 amide bonds. The lowest BCUT2D eigenvalue weighted by molar-refractivity contribution is -0.126. The average Bonchev–Trinajstić information content (AvgIpc) is 2.52. The lowest BCUT2D eigenvalue weighted by atomic mass is 10.1. The molecule has 13 heavy (non-hydrogen) atoms. The zero-order valence-electron chi connectivity index (χ0n) is 6.97. The van der Waals surface area contributed by atoms with Crippen molar-refractivity contribution in [2.24, 2.45) is 0 Å². The summed E-state index contributed by atoms with van der Waals surface area (Å²) in [5, 5.41) is 13.3. The van der Waals surface area contributed by atoms with E-state index in [1.165, 1.54) is 4.68 Å². The Bertz CT molecular complexity index is 321. The molecule has 1 aromatic heterocycles. The Labute approximate surface area is 74.3 Å². The summed E-state index contributed by atoms with van der Waals surface area (Å²) in [6, 6.07) is -0.344. The molecule has 0 radical (unpaired) electrons. The van der Waals surface area contributed by atoms with Crippen LogP contribution in [0.1, 0.15) is 18.9 Å². The van der Waals surface area contributed by atoms with E-state index in [-0.39, 0.29) is 17.9 Å². The van der Waals surface area contributed by atoms with E-state index in [4.69, 9.17) is 5.73 Å². The zero-order valence-corrected chi connectivity index (χ0v) is 6.97. The van der Waals surface area contributed by atoms with E-state index in [1.54, 1.807) is 0 Å². The Morgan fingerprint density at radius 1 is 1.62 bits per heavy atom. The summed E-state index contributed by atoms with van der Waals surface area (Å²) in [5.41, 5.74) is 5.48. The Morgan fingerprint density at radius 2 is 2.46 bits per heavy atom. The molecule has 1 atom stereocenters. The first-order valence-electron chi connectivity index (χ1n) is 4.10. The maximum Gasteiger partial charge on any atom is 0.245 e. The molecule has 70 valence electrons. The monoisotopic (exact) mass is 182 g/mol. The first kappa shape index (κ1) is 7.96. The van der Waals surface area contributed by atoms with Gasteiger partial charge in [-0.25, -0.2) is 0 Å². The summed E-state index contributed by atoms with van der Waals surface area (Å²) in [4.78, 5) is 11.4. The van der Waals surface area contributed by atoms with E-state index < -0.39 is 0 Å². The predicted molar refractivity (Wildman–Crippen MR) is 43.5 cm³/mol. The molecule has 0 aliphatic carbocycles. The highest BCUT2D eigenvalue weighted by atomic mass is 16.2. The first-order valence-corrected chi connectivity index (χ1v) is 4.10. The molecule has 7 heteroatoms. The molecule has 0 bridgehead atoms. The van der Waals surface area contributed by atoms with Crippen molar-refractivity contribution in [1.82, 2.24) is 25.5 Å². The van der Waals surface area contributed by atoms with Crippen LogP contribution < -0.4 is 11.1 Å². The lowest BCUT2D eigenvalue weighted by Gasteiger charge is -2.21. The Balaban J connectivity index is 2.24. The van der Waals surface area contributed by atoms with Gasteiger partial charge in [-0.2, -0.15) is 4.68 Å². The minimum Gasteiger partial charge on any atom is -0.367 e. The van der Waals surface area contributed by atoms with Crippen LogP contribution in [-0.2, 0) is 4.79 Å². The van der Waals surface area contributed by atoms with Crippen molar-refractivity contribution < 1.29 is 4.79 Å². The summed E-state index contributed by atoms with van der Waals surface area (Å²) < 4.78 is 1.36. The number of anilines is 1. The molecule has 7 nitrogen and oxygen atoms in total. The number of rotatable bonds is 1. The first-order chi connectivity index (χ1) is 6.29. The molecular formula is C6H10N6O. The summed E-state index contributed by atoms with van der Waals surface area (Å²) in [5.74, 6) is 0.118. The maximum absolute atomic E-state index is 11.4. The van der Waals surface area contributed by atoms with Crippen molar-refractivity contribution in [3.63, 3.8) is 0 Å². The van der Waals surface area contributed by atoms with Crippen LogP contribution in [0.5, 0.6) is 0 Å². The highest BCUT2D eigenvalue weighted by Crippen LogP contribution is 2.17. The number of amides is 1. The van der Waals surface area contributed by atoms with Gasteiger partial charge in [0.25, 0.3) is 0 Å². The average molecular weight is 182 g/mol. The fraction of sp³-hybridized carbons (Fsp3) is 0.667. The number of nitrogen functional groups attached to an aromatic ring is 1. The third kappa shape index (κ3) is 1.32. The Hall–Kier alpha value is -1.66. The largest absolute Gasteiger partial charge is 0.367 e. The molecule has 1 aromatic rings. The second-order valence-corrected chi connectivity index (χ2v) is 2.93. The van der Waals surface area contributed by atoms with E-state index in [0.29, 0.717) is 0 Å². The van der Waals surface area contributed by atoms with Gasteiger partial charge in [-0.3, -0.25) is 4.79 Å². The van der Waals surface area contributed by atoms with Crippen LogP contribution >= 0.6 is 0 Å². The van der Waals surface area contributed by atoms with Crippen molar-refractivity contribution in [3.8, 4) is 0 Å². The van der Waals surface area contributed by atoms with Gasteiger partial charge in [0.2, 0.25) is 11.9 Å². The van der Waals surface area contributed by atoms with Crippen LogP contribution in [-0.4, -0.2) is 32.7 Å². The predicted octanol–water partition coefficient (Wildman–Crippen LogP) is -1.29. The van der Waals surface area contributed by atoms with Gasteiger partial charge in [0, 0.05) is 6.54 Å². The van der Waals surface area contributed by atoms with Gasteiger partial charge in [0.15, 0.2) is 0 Å². The van der Waals surface area contributed by atoms with Crippen LogP contribution in [0.15, 0.2) is 0 Å². The maximum atomic E-state index is 11.4. The second-order valence-electron chi connectivity index (χ2n) is 2.93. The quantitative estimate of drug-likeness (QED) is 0.562. The fourth-order valence-electron chi connectivity index (χ4n) is 1.41. The molecule has 3 N–H and O–H groups in total. The molecule has 2 heterocycles. The number of carbonyl (C=O) groups excluding carboxylic acids is 1. The van der Waals surface area contributed by atoms with Crippen molar-refractivity contribution >= 4 is 11.9 Å². The molecule has 1 aliphatic rings. The fourth-order valence-corrected chi connectivity index (χ4v) is 1.41. The SMILES string of the molecule is Nc1nnnn1C1CCCNC1=O. The summed E-state index contributed by atoms with van der Waals surface area (Å²) >= 11 is 0. The van der Waals surface area contributed by atoms with Gasteiger partial charge >= 0.3 is 0 Å². The molecule has 0 aromatic carbocycles. The van der Waals surface area contributed by atoms with Gasteiger partial charge in [-0.1, -0.05) is 5.10 Å². The highest BCUT2D eigenvalue weighted by molar-refractivity contribution is 5.81. The van der Waals surface area contributed by atoms with E-state index in [9.17, 15) is 4.79 Å². The lowest BCUT2D eigenvalue weighted by Crippen LogP contribution is -2.38. The number of tetrazole rings is 1. The smallest absolute Gasteiger partial charge is 0.245 e. The Morgan fingerprint density at radius 3 is 3.08 bits per heavy atom. The van der Waals surface area contributed by atoms with Crippen molar-refractivity contribution in [3.05, 3.63) is 0 Å². The number of carbonyl (C=O) groups is 1. The topological polar surface area (TPSA) is 98.7 Å². The molecule has 0 saturated carbocycles. The van der Waals surface area contributed by atoms with Gasteiger partial charge in [0.05, 0.1) is 0 Å². The van der Waals surface area contributed by atoms with Crippen LogP contribution in [0.3, 0.4) is 0 Å². The van der Waals surface area contributed by atoms with E-state index in [0.717, 1.165) is 19.4 Å². The number of nitrogens with one attached hydrogen (secondary N) is 1. The van der Waals surface area contributed by atoms with Crippen LogP contribution in [0.25, 0.3) is 0 Å². The normalized spacial score (nSPS) is 22.8. The van der Waals surface area contributed by atoms with E-state index in [2.05, 4.69) is 20.8 Å². The third-order valence-electron chi connectivity index (χ3n) is 2.07. The molecule has 2 rings (SSSR count). The number of hydrogen-bond donors (Lipinski definition) is 2. The number of hydrogen-bond acceptors (Lipinski definition) is 5. The van der Waals surface area contributed by atoms with Crippen LogP contribution in [0, 0.1) is 0 Å². The third-order valence-corrected chi connectivity index (χ3v) is 2.07. The van der Waals surface area contributed by atoms with E-state index >= 15 is 0 Å². The highest BCUT2D eigenvalue weighted by Gasteiger charge is 2.26. The van der Waals surface area contributed by atoms with E-state index in [1.807, 2.05) is 0 Å². The number of nitrogens with two attached hydrogens (primary N) is 1. The van der Waals surface area contributed by atoms with Crippen LogP contribution in [0.2, 0.25) is 0 Å². The minimum atomic E-state index is -0.344. The molecule has 1 saturated heterocycles. The van der Waals surface area contributed by atoms with Gasteiger partial charge < -0.3 is 11.1 Å². The minimum absolute atomic E-state index is 0.0646. The number of aromatic nitrogens is 4. The van der Waals surface area contributed by atoms with Gasteiger partial charge in [-0.15, -0.1) is 0 Å². The standard InChI is InChI=1S/C6H10N6O/c7-6-9-10-11-12(6)4-2-1-3-8-5(4)13/h4H,1-3H2,(H,8,13)(H2,7,9,11). The summed E-state index contributed by atoms with van der Waals surface area (Å²) in [6.07, 6.45) is 1.66. The van der Waals surface area contributed by atoms with Gasteiger partial charge in [-0.05, 0) is 23.3 Å². The van der Waals surface area contributed by atoms with Crippen molar-refractivity contribution in [2.45, 2.75) is 18.9 Å².